The summed E-state index contributed by atoms with van der Waals surface area (Å²) >= 11 is 0. The van der Waals surface area contributed by atoms with E-state index in [9.17, 15) is 18.8 Å². The molecule has 0 unspecified atom stereocenters. The summed E-state index contributed by atoms with van der Waals surface area (Å²) in [4.78, 5) is 37.3. The van der Waals surface area contributed by atoms with Gasteiger partial charge in [-0.1, -0.05) is 12.1 Å². The number of carbonyl (C=O) groups excluding carboxylic acids is 3. The zero-order valence-corrected chi connectivity index (χ0v) is 12.6. The quantitative estimate of drug-likeness (QED) is 0.876. The summed E-state index contributed by atoms with van der Waals surface area (Å²) < 4.78 is 18.8. The van der Waals surface area contributed by atoms with Gasteiger partial charge < -0.3 is 9.73 Å². The van der Waals surface area contributed by atoms with Crippen molar-refractivity contribution >= 4 is 28.7 Å². The van der Waals surface area contributed by atoms with E-state index in [4.69, 9.17) is 4.42 Å². The highest BCUT2D eigenvalue weighted by atomic mass is 19.1. The molecule has 1 saturated heterocycles. The van der Waals surface area contributed by atoms with Crippen LogP contribution >= 0.6 is 0 Å². The molecule has 2 heterocycles. The average Bonchev–Trinajstić information content (AvgIpc) is 3.02. The maximum atomic E-state index is 13.6. The number of hydrogen-bond donors (Lipinski definition) is 1. The monoisotopic (exact) mass is 318 g/mol. The van der Waals surface area contributed by atoms with Crippen molar-refractivity contribution in [1.29, 1.82) is 0 Å². The molecular formula is C16H15FN2O4. The number of amides is 3. The van der Waals surface area contributed by atoms with Crippen molar-refractivity contribution in [2.45, 2.75) is 32.4 Å². The average molecular weight is 318 g/mol. The number of carbonyl (C=O) groups is 3. The normalized spacial score (nSPS) is 18.3. The van der Waals surface area contributed by atoms with Crippen LogP contribution in [0, 0.1) is 5.82 Å². The third-order valence-corrected chi connectivity index (χ3v) is 3.72. The van der Waals surface area contributed by atoms with Gasteiger partial charge in [-0.15, -0.1) is 0 Å². The summed E-state index contributed by atoms with van der Waals surface area (Å²) in [6, 6.07) is 4.56. The summed E-state index contributed by atoms with van der Waals surface area (Å²) in [6.45, 7) is 3.45. The van der Waals surface area contributed by atoms with Crippen molar-refractivity contribution in [3.63, 3.8) is 0 Å². The minimum absolute atomic E-state index is 0.0183. The molecule has 1 aliphatic rings. The van der Waals surface area contributed by atoms with E-state index in [0.717, 1.165) is 4.90 Å². The van der Waals surface area contributed by atoms with Gasteiger partial charge in [0.15, 0.2) is 17.2 Å². The Labute approximate surface area is 131 Å². The number of fused-ring (bicyclic) bond motifs is 1. The summed E-state index contributed by atoms with van der Waals surface area (Å²) in [5, 5.41) is 2.93. The largest absolute Gasteiger partial charge is 0.448 e. The summed E-state index contributed by atoms with van der Waals surface area (Å²) in [6.07, 6.45) is -0.0860. The first kappa shape index (κ1) is 15.2. The molecule has 3 rings (SSSR count). The molecule has 0 aliphatic carbocycles. The Morgan fingerprint density at radius 1 is 1.39 bits per heavy atom. The molecule has 0 radical (unpaired) electrons. The Hall–Kier alpha value is -2.70. The molecule has 3 amide bonds. The number of halogens is 1. The minimum Gasteiger partial charge on any atom is -0.448 e. The molecule has 0 spiro atoms. The molecular weight excluding hydrogens is 303 g/mol. The summed E-state index contributed by atoms with van der Waals surface area (Å²) in [5.41, 5.74) is -0.0183. The number of para-hydroxylation sites is 1. The molecule has 2 aromatic rings. The first-order chi connectivity index (χ1) is 10.9. The third-order valence-electron chi connectivity index (χ3n) is 3.72. The Bertz CT molecular complexity index is 812. The topological polar surface area (TPSA) is 79.6 Å². The van der Waals surface area contributed by atoms with Gasteiger partial charge in [0, 0.05) is 11.4 Å². The van der Waals surface area contributed by atoms with Crippen molar-refractivity contribution in [3.8, 4) is 0 Å². The molecule has 1 aromatic carbocycles. The van der Waals surface area contributed by atoms with Crippen molar-refractivity contribution in [1.82, 2.24) is 10.2 Å². The molecule has 1 fully saturated rings. The van der Waals surface area contributed by atoms with Gasteiger partial charge in [-0.2, -0.15) is 0 Å². The molecule has 1 atom stereocenters. The van der Waals surface area contributed by atoms with Crippen molar-refractivity contribution in [2.24, 2.45) is 0 Å². The van der Waals surface area contributed by atoms with Crippen LogP contribution in [0.4, 0.5) is 4.39 Å². The van der Waals surface area contributed by atoms with E-state index in [2.05, 4.69) is 5.32 Å². The number of imide groups is 1. The highest BCUT2D eigenvalue weighted by Crippen LogP contribution is 2.23. The predicted octanol–water partition coefficient (Wildman–Crippen LogP) is 1.84. The maximum Gasteiger partial charge on any atom is 0.287 e. The number of furan rings is 1. The standard InChI is InChI=1S/C16H15FN2O4/c1-8(2)19-13(20)7-11(16(19)22)18-15(21)12-6-9-4-3-5-10(17)14(9)23-12/h3-6,8,11H,7H2,1-2H3,(H,18,21)/t11-/m0/s1. The highest BCUT2D eigenvalue weighted by molar-refractivity contribution is 6.08. The fourth-order valence-corrected chi connectivity index (χ4v) is 2.68. The van der Waals surface area contributed by atoms with Gasteiger partial charge in [0.25, 0.3) is 11.8 Å². The van der Waals surface area contributed by atoms with Crippen LogP contribution in [0.5, 0.6) is 0 Å². The van der Waals surface area contributed by atoms with Crippen LogP contribution in [0.25, 0.3) is 11.0 Å². The lowest BCUT2D eigenvalue weighted by Gasteiger charge is -2.18. The second-order valence-electron chi connectivity index (χ2n) is 5.69. The first-order valence-electron chi connectivity index (χ1n) is 7.23. The summed E-state index contributed by atoms with van der Waals surface area (Å²) in [5.74, 6) is -2.10. The number of nitrogens with one attached hydrogen (secondary N) is 1. The van der Waals surface area contributed by atoms with Crippen molar-refractivity contribution in [2.75, 3.05) is 0 Å². The van der Waals surface area contributed by atoms with E-state index in [-0.39, 0.29) is 29.7 Å². The van der Waals surface area contributed by atoms with Crippen LogP contribution in [0.15, 0.2) is 28.7 Å². The van der Waals surface area contributed by atoms with E-state index in [1.807, 2.05) is 0 Å². The second kappa shape index (κ2) is 5.49. The molecule has 7 heteroatoms. The van der Waals surface area contributed by atoms with E-state index in [1.165, 1.54) is 18.2 Å². The molecule has 0 bridgehead atoms. The maximum absolute atomic E-state index is 13.6. The number of benzene rings is 1. The van der Waals surface area contributed by atoms with Gasteiger partial charge in [0.05, 0.1) is 6.42 Å². The number of rotatable bonds is 3. The van der Waals surface area contributed by atoms with Crippen LogP contribution in [0.2, 0.25) is 0 Å². The van der Waals surface area contributed by atoms with Crippen LogP contribution in [-0.4, -0.2) is 34.7 Å². The molecule has 23 heavy (non-hydrogen) atoms. The SMILES string of the molecule is CC(C)N1C(=O)C[C@H](NC(=O)c2cc3cccc(F)c3o2)C1=O. The lowest BCUT2D eigenvalue weighted by Crippen LogP contribution is -2.43. The van der Waals surface area contributed by atoms with Crippen LogP contribution in [-0.2, 0) is 9.59 Å². The van der Waals surface area contributed by atoms with Crippen molar-refractivity contribution < 1.29 is 23.2 Å². The van der Waals surface area contributed by atoms with Crippen LogP contribution < -0.4 is 5.32 Å². The van der Waals surface area contributed by atoms with E-state index < -0.39 is 23.7 Å². The molecule has 6 nitrogen and oxygen atoms in total. The van der Waals surface area contributed by atoms with Gasteiger partial charge in [0.1, 0.15) is 6.04 Å². The van der Waals surface area contributed by atoms with E-state index in [0.29, 0.717) is 5.39 Å². The van der Waals surface area contributed by atoms with E-state index >= 15 is 0 Å². The fourth-order valence-electron chi connectivity index (χ4n) is 2.68. The van der Waals surface area contributed by atoms with Gasteiger partial charge in [-0.3, -0.25) is 19.3 Å². The minimum atomic E-state index is -0.921. The Balaban J connectivity index is 1.80. The predicted molar refractivity (Wildman–Crippen MR) is 79.0 cm³/mol. The Kier molecular flexibility index (Phi) is 3.63. The molecule has 0 saturated carbocycles. The fraction of sp³-hybridized carbons (Fsp3) is 0.312. The Morgan fingerprint density at radius 2 is 2.13 bits per heavy atom. The molecule has 1 aromatic heterocycles. The van der Waals surface area contributed by atoms with Gasteiger partial charge >= 0.3 is 0 Å². The molecule has 1 aliphatic heterocycles. The lowest BCUT2D eigenvalue weighted by molar-refractivity contribution is -0.140. The number of hydrogen-bond acceptors (Lipinski definition) is 4. The first-order valence-corrected chi connectivity index (χ1v) is 7.23. The van der Waals surface area contributed by atoms with Gasteiger partial charge in [-0.25, -0.2) is 4.39 Å². The lowest BCUT2D eigenvalue weighted by atomic mass is 10.2. The highest BCUT2D eigenvalue weighted by Gasteiger charge is 2.41. The van der Waals surface area contributed by atoms with Gasteiger partial charge in [-0.05, 0) is 26.0 Å². The third kappa shape index (κ3) is 2.58. The van der Waals surface area contributed by atoms with Crippen molar-refractivity contribution in [3.05, 3.63) is 35.8 Å². The Morgan fingerprint density at radius 3 is 2.74 bits per heavy atom. The second-order valence-corrected chi connectivity index (χ2v) is 5.69. The smallest absolute Gasteiger partial charge is 0.287 e. The van der Waals surface area contributed by atoms with Crippen LogP contribution in [0.3, 0.4) is 0 Å². The molecule has 120 valence electrons. The zero-order valence-electron chi connectivity index (χ0n) is 12.6. The summed E-state index contributed by atoms with van der Waals surface area (Å²) in [7, 11) is 0. The zero-order chi connectivity index (χ0) is 16.7. The van der Waals surface area contributed by atoms with Crippen LogP contribution in [0.1, 0.15) is 30.8 Å². The van der Waals surface area contributed by atoms with Gasteiger partial charge in [0.2, 0.25) is 5.91 Å². The van der Waals surface area contributed by atoms with E-state index in [1.54, 1.807) is 19.9 Å². The number of nitrogens with zero attached hydrogens (tertiary/aromatic N) is 1. The number of likely N-dealkylation sites (tertiary alicyclic amines) is 1. The molecule has 1 N–H and O–H groups in total.